The van der Waals surface area contributed by atoms with Crippen LogP contribution in [0.15, 0.2) is 197 Å². The van der Waals surface area contributed by atoms with Gasteiger partial charge in [0.2, 0.25) is 0 Å². The Hall–Kier alpha value is -7.40. The zero-order chi connectivity index (χ0) is 40.4. The first kappa shape index (κ1) is 34.5. The molecule has 0 unspecified atom stereocenters. The fourth-order valence-corrected chi connectivity index (χ4v) is 11.1. The highest BCUT2D eigenvalue weighted by Crippen LogP contribution is 2.51. The first-order chi connectivity index (χ1) is 29.9. The summed E-state index contributed by atoms with van der Waals surface area (Å²) >= 11 is 1.86. The van der Waals surface area contributed by atoms with Gasteiger partial charge in [-0.25, -0.2) is 0 Å². The van der Waals surface area contributed by atoms with Gasteiger partial charge in [-0.15, -0.1) is 11.3 Å². The third kappa shape index (κ3) is 5.22. The lowest BCUT2D eigenvalue weighted by Crippen LogP contribution is -2.16. The molecule has 0 atom stereocenters. The molecule has 288 valence electrons. The van der Waals surface area contributed by atoms with Gasteiger partial charge in [0.15, 0.2) is 0 Å². The number of furan rings is 2. The molecule has 0 bridgehead atoms. The molecule has 0 aliphatic heterocycles. The fourth-order valence-electron chi connectivity index (χ4n) is 9.97. The van der Waals surface area contributed by atoms with Crippen LogP contribution in [0.5, 0.6) is 0 Å². The SMILES string of the molecule is CC1(C)c2ccccc2-c2ccc(N(c3ccc(-c4ccc5c(c4)sc4ccccc45)cc3)c3ccc4oc5cc6c(cc5c4c3)oc3ccc(-c4ccccc4)cc36)cc21. The fraction of sp³-hybridized carbons (Fsp3) is 0.0526. The second-order valence-corrected chi connectivity index (χ2v) is 18.0. The second-order valence-electron chi connectivity index (χ2n) is 16.9. The molecule has 0 spiro atoms. The molecule has 1 aliphatic carbocycles. The highest BCUT2D eigenvalue weighted by Gasteiger charge is 2.35. The topological polar surface area (TPSA) is 29.5 Å². The summed E-state index contributed by atoms with van der Waals surface area (Å²) in [5.74, 6) is 0. The smallest absolute Gasteiger partial charge is 0.136 e. The molecule has 0 saturated heterocycles. The van der Waals surface area contributed by atoms with Crippen molar-refractivity contribution in [3.05, 3.63) is 199 Å². The van der Waals surface area contributed by atoms with Crippen molar-refractivity contribution >= 4 is 92.4 Å². The maximum Gasteiger partial charge on any atom is 0.136 e. The lowest BCUT2D eigenvalue weighted by Gasteiger charge is -2.28. The van der Waals surface area contributed by atoms with E-state index in [9.17, 15) is 0 Å². The largest absolute Gasteiger partial charge is 0.456 e. The van der Waals surface area contributed by atoms with Gasteiger partial charge in [0.05, 0.1) is 0 Å². The third-order valence-corrected chi connectivity index (χ3v) is 14.2. The lowest BCUT2D eigenvalue weighted by molar-refractivity contribution is 0.660. The van der Waals surface area contributed by atoms with E-state index in [4.69, 9.17) is 8.83 Å². The number of rotatable bonds is 5. The van der Waals surface area contributed by atoms with Crippen LogP contribution in [-0.2, 0) is 5.41 Å². The summed E-state index contributed by atoms with van der Waals surface area (Å²) in [6.07, 6.45) is 0. The molecule has 13 rings (SSSR count). The van der Waals surface area contributed by atoms with Gasteiger partial charge in [-0.2, -0.15) is 0 Å². The van der Waals surface area contributed by atoms with Crippen molar-refractivity contribution in [1.82, 2.24) is 0 Å². The first-order valence-electron chi connectivity index (χ1n) is 20.9. The first-order valence-corrected chi connectivity index (χ1v) is 21.7. The number of anilines is 3. The zero-order valence-electron chi connectivity index (χ0n) is 33.6. The molecule has 0 fully saturated rings. The molecule has 0 amide bonds. The second kappa shape index (κ2) is 12.8. The van der Waals surface area contributed by atoms with Crippen LogP contribution in [0.3, 0.4) is 0 Å². The normalized spacial score (nSPS) is 13.2. The van der Waals surface area contributed by atoms with E-state index in [1.165, 1.54) is 59.1 Å². The minimum Gasteiger partial charge on any atom is -0.456 e. The Balaban J connectivity index is 0.950. The quantitative estimate of drug-likeness (QED) is 0.174. The summed E-state index contributed by atoms with van der Waals surface area (Å²) in [4.78, 5) is 2.39. The van der Waals surface area contributed by atoms with Crippen molar-refractivity contribution in [2.45, 2.75) is 19.3 Å². The molecular weight excluding hydrogens is 763 g/mol. The summed E-state index contributed by atoms with van der Waals surface area (Å²) in [6.45, 7) is 4.69. The minimum absolute atomic E-state index is 0.132. The van der Waals surface area contributed by atoms with Crippen LogP contribution in [0.4, 0.5) is 17.1 Å². The van der Waals surface area contributed by atoms with Crippen LogP contribution < -0.4 is 4.90 Å². The summed E-state index contributed by atoms with van der Waals surface area (Å²) in [7, 11) is 0. The molecule has 0 saturated carbocycles. The average Bonchev–Trinajstić information content (AvgIpc) is 4.03. The summed E-state index contributed by atoms with van der Waals surface area (Å²) in [5.41, 5.74) is 16.6. The number of nitrogens with zero attached hydrogens (tertiary/aromatic N) is 1. The van der Waals surface area contributed by atoms with Crippen molar-refractivity contribution in [2.24, 2.45) is 0 Å². The summed E-state index contributed by atoms with van der Waals surface area (Å²) in [5, 5.41) is 6.85. The van der Waals surface area contributed by atoms with E-state index in [-0.39, 0.29) is 5.41 Å². The van der Waals surface area contributed by atoms with E-state index in [0.29, 0.717) is 0 Å². The van der Waals surface area contributed by atoms with E-state index < -0.39 is 0 Å². The Morgan fingerprint density at radius 3 is 1.74 bits per heavy atom. The van der Waals surface area contributed by atoms with Crippen molar-refractivity contribution in [1.29, 1.82) is 0 Å². The Labute approximate surface area is 356 Å². The average molecular weight is 800 g/mol. The molecule has 0 radical (unpaired) electrons. The molecule has 3 nitrogen and oxygen atoms in total. The Morgan fingerprint density at radius 1 is 0.361 bits per heavy atom. The maximum absolute atomic E-state index is 6.62. The highest BCUT2D eigenvalue weighted by atomic mass is 32.1. The molecule has 9 aromatic carbocycles. The van der Waals surface area contributed by atoms with Gasteiger partial charge in [-0.1, -0.05) is 123 Å². The molecule has 3 heterocycles. The van der Waals surface area contributed by atoms with Crippen LogP contribution in [0.2, 0.25) is 0 Å². The van der Waals surface area contributed by atoms with Crippen LogP contribution in [0.25, 0.3) is 97.4 Å². The van der Waals surface area contributed by atoms with Crippen LogP contribution in [-0.4, -0.2) is 0 Å². The minimum atomic E-state index is -0.132. The predicted molar refractivity (Wildman–Crippen MR) is 257 cm³/mol. The predicted octanol–water partition coefficient (Wildman–Crippen LogP) is 17.0. The number of benzene rings is 9. The van der Waals surface area contributed by atoms with Gasteiger partial charge >= 0.3 is 0 Å². The van der Waals surface area contributed by atoms with E-state index in [0.717, 1.165) is 66.5 Å². The van der Waals surface area contributed by atoms with Crippen molar-refractivity contribution in [3.63, 3.8) is 0 Å². The third-order valence-electron chi connectivity index (χ3n) is 13.1. The van der Waals surface area contributed by atoms with Crippen molar-refractivity contribution in [3.8, 4) is 33.4 Å². The van der Waals surface area contributed by atoms with E-state index >= 15 is 0 Å². The monoisotopic (exact) mass is 799 g/mol. The zero-order valence-corrected chi connectivity index (χ0v) is 34.4. The molecule has 61 heavy (non-hydrogen) atoms. The van der Waals surface area contributed by atoms with Gasteiger partial charge in [0, 0.05) is 64.2 Å². The summed E-state index contributed by atoms with van der Waals surface area (Å²) < 4.78 is 15.8. The van der Waals surface area contributed by atoms with E-state index in [1.807, 2.05) is 17.4 Å². The molecule has 12 aromatic rings. The molecule has 0 N–H and O–H groups in total. The molecule has 4 heteroatoms. The maximum atomic E-state index is 6.62. The number of hydrogen-bond acceptors (Lipinski definition) is 4. The van der Waals surface area contributed by atoms with Gasteiger partial charge in [-0.3, -0.25) is 0 Å². The van der Waals surface area contributed by atoms with E-state index in [1.54, 1.807) is 0 Å². The van der Waals surface area contributed by atoms with E-state index in [2.05, 4.69) is 201 Å². The Bertz CT molecular complexity index is 3740. The van der Waals surface area contributed by atoms with Crippen molar-refractivity contribution < 1.29 is 8.83 Å². The van der Waals surface area contributed by atoms with Crippen molar-refractivity contribution in [2.75, 3.05) is 4.90 Å². The molecule has 1 aliphatic rings. The Kier molecular flexibility index (Phi) is 7.23. The Morgan fingerprint density at radius 2 is 0.918 bits per heavy atom. The van der Waals surface area contributed by atoms with Gasteiger partial charge < -0.3 is 13.7 Å². The van der Waals surface area contributed by atoms with Crippen LogP contribution in [0, 0.1) is 0 Å². The summed E-state index contributed by atoms with van der Waals surface area (Å²) in [6, 6.07) is 68.3. The number of hydrogen-bond donors (Lipinski definition) is 0. The molecular formula is C57H37NO2S. The standard InChI is InChI=1S/C57H37NO2S/c1-57(2)49-14-8-6-12-41(49)42-25-22-40(31-50(42)57)58(38-20-16-35(17-21-38)37-18-24-44-43-13-7-9-15-55(43)61-56(44)29-37)39-23-27-52-46(30-39)48-33-53-47(32-54(48)60-52)45-28-36(19-26-51(45)59-53)34-10-4-3-5-11-34/h3-33H,1-2H3. The van der Waals surface area contributed by atoms with Gasteiger partial charge in [0.1, 0.15) is 22.3 Å². The van der Waals surface area contributed by atoms with Gasteiger partial charge in [-0.05, 0) is 123 Å². The lowest BCUT2D eigenvalue weighted by atomic mass is 9.82. The number of fused-ring (bicyclic) bond motifs is 12. The molecule has 3 aromatic heterocycles. The highest BCUT2D eigenvalue weighted by molar-refractivity contribution is 7.25. The van der Waals surface area contributed by atoms with Gasteiger partial charge in [0.25, 0.3) is 0 Å². The number of thiophene rings is 1. The van der Waals surface area contributed by atoms with Crippen LogP contribution >= 0.6 is 11.3 Å². The van der Waals surface area contributed by atoms with Crippen LogP contribution in [0.1, 0.15) is 25.0 Å².